The number of thiocarbonyl (C=S) groups is 1. The maximum atomic E-state index is 12.1. The number of anilines is 2. The number of aryl methyl sites for hydroxylation is 1. The number of carbonyl (C=O) groups is 1. The van der Waals surface area contributed by atoms with E-state index in [9.17, 15) is 4.79 Å². The zero-order valence-corrected chi connectivity index (χ0v) is 21.8. The molecule has 1 aliphatic heterocycles. The van der Waals surface area contributed by atoms with Gasteiger partial charge in [0.05, 0.1) is 16.8 Å². The van der Waals surface area contributed by atoms with Crippen molar-refractivity contribution in [2.75, 3.05) is 23.9 Å². The number of nitrogens with one attached hydrogen (secondary N) is 2. The molecule has 1 aliphatic rings. The van der Waals surface area contributed by atoms with Crippen LogP contribution in [-0.4, -0.2) is 39.3 Å². The summed E-state index contributed by atoms with van der Waals surface area (Å²) in [6.07, 6.45) is 5.38. The molecule has 37 heavy (non-hydrogen) atoms. The number of ether oxygens (including phenoxy) is 1. The van der Waals surface area contributed by atoms with Gasteiger partial charge in [0, 0.05) is 42.8 Å². The number of pyridine rings is 2. The first kappa shape index (κ1) is 24.9. The number of rotatable bonds is 7. The summed E-state index contributed by atoms with van der Waals surface area (Å²) in [5, 5.41) is 7.51. The molecule has 0 bridgehead atoms. The van der Waals surface area contributed by atoms with E-state index in [1.807, 2.05) is 72.3 Å². The molecule has 1 saturated heterocycles. The van der Waals surface area contributed by atoms with Gasteiger partial charge >= 0.3 is 0 Å². The lowest BCUT2D eigenvalue weighted by molar-refractivity contribution is -0.119. The van der Waals surface area contributed by atoms with Gasteiger partial charge in [-0.2, -0.15) is 0 Å². The molecule has 1 amide bonds. The Hall–Kier alpha value is -3.79. The highest BCUT2D eigenvalue weighted by Crippen LogP contribution is 2.42. The summed E-state index contributed by atoms with van der Waals surface area (Å²) < 4.78 is 6.97. The van der Waals surface area contributed by atoms with Crippen molar-refractivity contribution in [2.24, 2.45) is 0 Å². The lowest BCUT2D eigenvalue weighted by Gasteiger charge is -2.29. The number of amides is 1. The quantitative estimate of drug-likeness (QED) is 0.324. The van der Waals surface area contributed by atoms with Crippen molar-refractivity contribution < 1.29 is 9.53 Å². The van der Waals surface area contributed by atoms with Crippen LogP contribution in [0.1, 0.15) is 29.0 Å². The molecule has 1 aromatic carbocycles. The third-order valence-corrected chi connectivity index (χ3v) is 6.72. The number of carbonyl (C=O) groups excluding carboxylic acids is 1. The minimum atomic E-state index is -0.233. The maximum Gasteiger partial charge on any atom is 0.250 e. The molecule has 0 saturated carbocycles. The average molecular weight is 533 g/mol. The van der Waals surface area contributed by atoms with Crippen LogP contribution in [-0.2, 0) is 9.53 Å². The van der Waals surface area contributed by atoms with Crippen LogP contribution in [0.3, 0.4) is 0 Å². The Morgan fingerprint density at radius 1 is 1.16 bits per heavy atom. The summed E-state index contributed by atoms with van der Waals surface area (Å²) >= 11 is 12.0. The standard InChI is InChI=1S/C27H25ClN6O2S/c1-17-14-19(9-10-20(17)31-24(35)16-36-2)34-26(25(32-27(34)37)21-6-3-4-12-29-21)22-7-5-13-33(22)23-11-8-18(28)15-30-23/h3-15,25-26H,16H2,1-2H3,(H,31,35)(H,32,37)/t25-,26+/m1/s1. The van der Waals surface area contributed by atoms with E-state index in [1.54, 1.807) is 12.4 Å². The Labute approximate surface area is 225 Å². The average Bonchev–Trinajstić information content (AvgIpc) is 3.51. The minimum Gasteiger partial charge on any atom is -0.375 e. The third kappa shape index (κ3) is 5.06. The number of methoxy groups -OCH3 is 1. The van der Waals surface area contributed by atoms with Crippen molar-refractivity contribution >= 4 is 46.2 Å². The second-order valence-electron chi connectivity index (χ2n) is 8.61. The maximum absolute atomic E-state index is 12.1. The van der Waals surface area contributed by atoms with Crippen molar-refractivity contribution in [1.29, 1.82) is 0 Å². The SMILES string of the molecule is COCC(=O)Nc1ccc(N2C(=S)N[C@H](c3ccccn3)[C@@H]2c2cccn2-c2ccc(Cl)cn2)cc1C. The Bertz CT molecular complexity index is 1430. The van der Waals surface area contributed by atoms with Crippen molar-refractivity contribution in [3.05, 3.63) is 101 Å². The molecule has 10 heteroatoms. The predicted octanol–water partition coefficient (Wildman–Crippen LogP) is 4.99. The van der Waals surface area contributed by atoms with Gasteiger partial charge in [-0.1, -0.05) is 17.7 Å². The Morgan fingerprint density at radius 2 is 2.03 bits per heavy atom. The Morgan fingerprint density at radius 3 is 2.73 bits per heavy atom. The molecule has 4 heterocycles. The second-order valence-corrected chi connectivity index (χ2v) is 9.44. The highest BCUT2D eigenvalue weighted by Gasteiger charge is 2.42. The fraction of sp³-hybridized carbons (Fsp3) is 0.185. The first-order valence-corrected chi connectivity index (χ1v) is 12.4. The van der Waals surface area contributed by atoms with Crippen LogP contribution in [0.2, 0.25) is 5.02 Å². The Kier molecular flexibility index (Phi) is 7.18. The van der Waals surface area contributed by atoms with Gasteiger partial charge in [-0.25, -0.2) is 4.98 Å². The van der Waals surface area contributed by atoms with Crippen molar-refractivity contribution in [1.82, 2.24) is 19.9 Å². The predicted molar refractivity (Wildman–Crippen MR) is 148 cm³/mol. The van der Waals surface area contributed by atoms with Gasteiger partial charge in [0.15, 0.2) is 5.11 Å². The minimum absolute atomic E-state index is 0.00905. The van der Waals surface area contributed by atoms with E-state index < -0.39 is 0 Å². The third-order valence-electron chi connectivity index (χ3n) is 6.18. The lowest BCUT2D eigenvalue weighted by atomic mass is 10.0. The van der Waals surface area contributed by atoms with Crippen LogP contribution in [0.4, 0.5) is 11.4 Å². The number of benzene rings is 1. The summed E-state index contributed by atoms with van der Waals surface area (Å²) in [5.74, 6) is 0.535. The molecular weight excluding hydrogens is 508 g/mol. The number of hydrogen-bond acceptors (Lipinski definition) is 5. The zero-order valence-electron chi connectivity index (χ0n) is 20.3. The summed E-state index contributed by atoms with van der Waals surface area (Å²) in [6.45, 7) is 1.94. The number of hydrogen-bond donors (Lipinski definition) is 2. The monoisotopic (exact) mass is 532 g/mol. The number of aromatic nitrogens is 3. The fourth-order valence-electron chi connectivity index (χ4n) is 4.54. The van der Waals surface area contributed by atoms with Gasteiger partial charge < -0.3 is 24.8 Å². The van der Waals surface area contributed by atoms with Crippen molar-refractivity contribution in [3.63, 3.8) is 0 Å². The van der Waals surface area contributed by atoms with Crippen LogP contribution in [0.15, 0.2) is 79.3 Å². The van der Waals surface area contributed by atoms with E-state index in [-0.39, 0.29) is 24.6 Å². The van der Waals surface area contributed by atoms with Crippen LogP contribution < -0.4 is 15.5 Å². The second kappa shape index (κ2) is 10.7. The summed E-state index contributed by atoms with van der Waals surface area (Å²) in [5.41, 5.74) is 4.36. The molecule has 0 spiro atoms. The van der Waals surface area contributed by atoms with Crippen LogP contribution >= 0.6 is 23.8 Å². The molecule has 3 aromatic heterocycles. The van der Waals surface area contributed by atoms with E-state index in [4.69, 9.17) is 28.6 Å². The van der Waals surface area contributed by atoms with E-state index in [0.717, 1.165) is 34.1 Å². The van der Waals surface area contributed by atoms with Gasteiger partial charge in [0.25, 0.3) is 0 Å². The van der Waals surface area contributed by atoms with Gasteiger partial charge in [-0.3, -0.25) is 9.78 Å². The molecule has 2 atom stereocenters. The first-order valence-electron chi connectivity index (χ1n) is 11.7. The van der Waals surface area contributed by atoms with Gasteiger partial charge in [0.1, 0.15) is 18.5 Å². The van der Waals surface area contributed by atoms with E-state index in [1.165, 1.54) is 7.11 Å². The molecule has 0 aliphatic carbocycles. The highest BCUT2D eigenvalue weighted by atomic mass is 35.5. The Balaban J connectivity index is 1.58. The summed E-state index contributed by atoms with van der Waals surface area (Å²) in [7, 11) is 1.49. The normalized spacial score (nSPS) is 17.1. The molecule has 188 valence electrons. The highest BCUT2D eigenvalue weighted by molar-refractivity contribution is 7.80. The lowest BCUT2D eigenvalue weighted by Crippen LogP contribution is -2.30. The topological polar surface area (TPSA) is 84.3 Å². The first-order chi connectivity index (χ1) is 18.0. The van der Waals surface area contributed by atoms with Crippen LogP contribution in [0, 0.1) is 6.92 Å². The smallest absolute Gasteiger partial charge is 0.250 e. The van der Waals surface area contributed by atoms with E-state index >= 15 is 0 Å². The van der Waals surface area contributed by atoms with Crippen LogP contribution in [0.5, 0.6) is 0 Å². The van der Waals surface area contributed by atoms with E-state index in [2.05, 4.69) is 31.6 Å². The molecular formula is C27H25ClN6O2S. The largest absolute Gasteiger partial charge is 0.375 e. The number of halogens is 1. The van der Waals surface area contributed by atoms with E-state index in [0.29, 0.717) is 10.1 Å². The molecule has 0 radical (unpaired) electrons. The summed E-state index contributed by atoms with van der Waals surface area (Å²) in [4.78, 5) is 23.3. The zero-order chi connectivity index (χ0) is 25.9. The van der Waals surface area contributed by atoms with Crippen LogP contribution in [0.25, 0.3) is 5.82 Å². The fourth-order valence-corrected chi connectivity index (χ4v) is 5.00. The van der Waals surface area contributed by atoms with Crippen molar-refractivity contribution in [3.8, 4) is 5.82 Å². The van der Waals surface area contributed by atoms with Gasteiger partial charge in [-0.05, 0) is 79.3 Å². The van der Waals surface area contributed by atoms with Gasteiger partial charge in [-0.15, -0.1) is 0 Å². The molecule has 2 N–H and O–H groups in total. The molecule has 1 fully saturated rings. The van der Waals surface area contributed by atoms with Crippen molar-refractivity contribution in [2.45, 2.75) is 19.0 Å². The molecule has 5 rings (SSSR count). The number of nitrogens with zero attached hydrogens (tertiary/aromatic N) is 4. The summed E-state index contributed by atoms with van der Waals surface area (Å²) in [6, 6.07) is 19.0. The molecule has 8 nitrogen and oxygen atoms in total. The van der Waals surface area contributed by atoms with Gasteiger partial charge in [0.2, 0.25) is 5.91 Å². The molecule has 4 aromatic rings. The molecule has 0 unspecified atom stereocenters.